The normalized spacial score (nSPS) is 20.8. The van der Waals surface area contributed by atoms with Crippen molar-refractivity contribution in [2.75, 3.05) is 24.5 Å². The monoisotopic (exact) mass is 242 g/mol. The lowest BCUT2D eigenvalue weighted by atomic mass is 10.2. The topological polar surface area (TPSA) is 78.4 Å². The van der Waals surface area contributed by atoms with E-state index in [4.69, 9.17) is 16.7 Å². The molecule has 1 aliphatic rings. The van der Waals surface area contributed by atoms with Crippen LogP contribution in [0.1, 0.15) is 0 Å². The number of hydrogen-bond donors (Lipinski definition) is 2. The molecule has 0 radical (unpaired) electrons. The number of hydrogen-bond acceptors (Lipinski definition) is 5. The Morgan fingerprint density at radius 1 is 1.56 bits per heavy atom. The summed E-state index contributed by atoms with van der Waals surface area (Å²) in [6.07, 6.45) is 2.93. The molecule has 0 bridgehead atoms. The third-order valence-corrected chi connectivity index (χ3v) is 2.59. The molecule has 0 unspecified atom stereocenters. The number of rotatable bonds is 2. The maximum absolute atomic E-state index is 11.0. The van der Waals surface area contributed by atoms with Crippen molar-refractivity contribution in [3.63, 3.8) is 0 Å². The summed E-state index contributed by atoms with van der Waals surface area (Å²) < 4.78 is 0. The van der Waals surface area contributed by atoms with Crippen molar-refractivity contribution in [3.05, 3.63) is 17.4 Å². The third-order valence-electron chi connectivity index (χ3n) is 2.39. The van der Waals surface area contributed by atoms with Gasteiger partial charge < -0.3 is 15.3 Å². The summed E-state index contributed by atoms with van der Waals surface area (Å²) in [4.78, 5) is 20.8. The number of carbonyl (C=O) groups is 1. The SMILES string of the molecule is O=C(O)[C@H]1CNCCN1c1ncc(Cl)cn1. The molecule has 1 aliphatic heterocycles. The number of anilines is 1. The Labute approximate surface area is 97.3 Å². The molecule has 0 aliphatic carbocycles. The van der Waals surface area contributed by atoms with Crippen LogP contribution in [0.4, 0.5) is 5.95 Å². The zero-order valence-electron chi connectivity index (χ0n) is 8.43. The number of aliphatic carboxylic acids is 1. The van der Waals surface area contributed by atoms with Crippen LogP contribution in [0.5, 0.6) is 0 Å². The van der Waals surface area contributed by atoms with Gasteiger partial charge in [-0.15, -0.1) is 0 Å². The average Bonchev–Trinajstić information content (AvgIpc) is 2.30. The summed E-state index contributed by atoms with van der Waals surface area (Å²) in [5.41, 5.74) is 0. The van der Waals surface area contributed by atoms with E-state index in [2.05, 4.69) is 15.3 Å². The molecule has 2 heterocycles. The smallest absolute Gasteiger partial charge is 0.327 e. The maximum Gasteiger partial charge on any atom is 0.327 e. The summed E-state index contributed by atoms with van der Waals surface area (Å²) >= 11 is 5.68. The highest BCUT2D eigenvalue weighted by Gasteiger charge is 2.29. The van der Waals surface area contributed by atoms with Crippen molar-refractivity contribution >= 4 is 23.5 Å². The maximum atomic E-state index is 11.0. The number of carboxylic acid groups (broad SMARTS) is 1. The predicted octanol–water partition coefficient (Wildman–Crippen LogP) is -0.00720. The van der Waals surface area contributed by atoms with Crippen LogP contribution in [0, 0.1) is 0 Å². The molecule has 86 valence electrons. The third kappa shape index (κ3) is 2.23. The lowest BCUT2D eigenvalue weighted by Crippen LogP contribution is -2.55. The molecule has 1 atom stereocenters. The van der Waals surface area contributed by atoms with E-state index >= 15 is 0 Å². The van der Waals surface area contributed by atoms with Crippen molar-refractivity contribution in [2.24, 2.45) is 0 Å². The van der Waals surface area contributed by atoms with Crippen molar-refractivity contribution in [1.29, 1.82) is 0 Å². The first-order valence-corrected chi connectivity index (χ1v) is 5.24. The summed E-state index contributed by atoms with van der Waals surface area (Å²) in [6, 6.07) is -0.630. The van der Waals surface area contributed by atoms with Gasteiger partial charge in [0, 0.05) is 19.6 Å². The predicted molar refractivity (Wildman–Crippen MR) is 58.7 cm³/mol. The molecule has 0 saturated carbocycles. The van der Waals surface area contributed by atoms with Crippen molar-refractivity contribution in [2.45, 2.75) is 6.04 Å². The number of aromatic nitrogens is 2. The zero-order chi connectivity index (χ0) is 11.5. The average molecular weight is 243 g/mol. The Balaban J connectivity index is 2.23. The summed E-state index contributed by atoms with van der Waals surface area (Å²) in [7, 11) is 0. The highest BCUT2D eigenvalue weighted by atomic mass is 35.5. The minimum Gasteiger partial charge on any atom is -0.480 e. The van der Waals surface area contributed by atoms with Gasteiger partial charge in [0.05, 0.1) is 17.4 Å². The Morgan fingerprint density at radius 2 is 2.25 bits per heavy atom. The van der Waals surface area contributed by atoms with Gasteiger partial charge in [0.15, 0.2) is 0 Å². The first-order valence-electron chi connectivity index (χ1n) is 4.86. The first-order chi connectivity index (χ1) is 7.68. The van der Waals surface area contributed by atoms with Crippen molar-refractivity contribution in [3.8, 4) is 0 Å². The molecule has 0 amide bonds. The minimum absolute atomic E-state index is 0.390. The Bertz CT molecular complexity index is 384. The lowest BCUT2D eigenvalue weighted by Gasteiger charge is -2.33. The fourth-order valence-corrected chi connectivity index (χ4v) is 1.72. The van der Waals surface area contributed by atoms with Gasteiger partial charge in [0.2, 0.25) is 5.95 Å². The molecule has 2 rings (SSSR count). The number of halogens is 1. The second-order valence-electron chi connectivity index (χ2n) is 3.45. The summed E-state index contributed by atoms with van der Waals surface area (Å²) in [5.74, 6) is -0.482. The van der Waals surface area contributed by atoms with Crippen molar-refractivity contribution < 1.29 is 9.90 Å². The fourth-order valence-electron chi connectivity index (χ4n) is 1.62. The van der Waals surface area contributed by atoms with Crippen molar-refractivity contribution in [1.82, 2.24) is 15.3 Å². The van der Waals surface area contributed by atoms with Gasteiger partial charge in [-0.05, 0) is 0 Å². The van der Waals surface area contributed by atoms with E-state index < -0.39 is 12.0 Å². The summed E-state index contributed by atoms with van der Waals surface area (Å²) in [5, 5.41) is 12.5. The molecule has 7 heteroatoms. The Hall–Kier alpha value is -1.40. The van der Waals surface area contributed by atoms with Crippen LogP contribution in [-0.2, 0) is 4.79 Å². The molecule has 1 fully saturated rings. The van der Waals surface area contributed by atoms with E-state index in [9.17, 15) is 4.79 Å². The second kappa shape index (κ2) is 4.63. The summed E-state index contributed by atoms with van der Waals surface area (Å²) in [6.45, 7) is 1.68. The second-order valence-corrected chi connectivity index (χ2v) is 3.89. The quantitative estimate of drug-likeness (QED) is 0.760. The van der Waals surface area contributed by atoms with E-state index in [0.717, 1.165) is 6.54 Å². The molecule has 1 aromatic heterocycles. The van der Waals surface area contributed by atoms with Gasteiger partial charge >= 0.3 is 5.97 Å². The van der Waals surface area contributed by atoms with E-state index in [1.807, 2.05) is 0 Å². The Kier molecular flexibility index (Phi) is 3.21. The number of piperazine rings is 1. The van der Waals surface area contributed by atoms with Crippen LogP contribution in [0.2, 0.25) is 5.02 Å². The zero-order valence-corrected chi connectivity index (χ0v) is 9.18. The molecular formula is C9H11ClN4O2. The molecule has 2 N–H and O–H groups in total. The highest BCUT2D eigenvalue weighted by Crippen LogP contribution is 2.14. The van der Waals surface area contributed by atoms with Crippen LogP contribution in [0.3, 0.4) is 0 Å². The number of nitrogens with zero attached hydrogens (tertiary/aromatic N) is 3. The van der Waals surface area contributed by atoms with Gasteiger partial charge in [-0.2, -0.15) is 0 Å². The molecule has 16 heavy (non-hydrogen) atoms. The molecule has 6 nitrogen and oxygen atoms in total. The number of nitrogens with one attached hydrogen (secondary N) is 1. The van der Waals surface area contributed by atoms with E-state index in [1.54, 1.807) is 4.90 Å². The van der Waals surface area contributed by atoms with E-state index in [0.29, 0.717) is 24.1 Å². The van der Waals surface area contributed by atoms with Gasteiger partial charge in [-0.1, -0.05) is 11.6 Å². The van der Waals surface area contributed by atoms with Crippen LogP contribution in [0.15, 0.2) is 12.4 Å². The first kappa shape index (κ1) is 11.1. The molecule has 0 aromatic carbocycles. The largest absolute Gasteiger partial charge is 0.480 e. The van der Waals surface area contributed by atoms with Crippen LogP contribution < -0.4 is 10.2 Å². The highest BCUT2D eigenvalue weighted by molar-refractivity contribution is 6.30. The number of carboxylic acids is 1. The minimum atomic E-state index is -0.884. The molecular weight excluding hydrogens is 232 g/mol. The molecule has 1 saturated heterocycles. The molecule has 0 spiro atoms. The Morgan fingerprint density at radius 3 is 2.88 bits per heavy atom. The van der Waals surface area contributed by atoms with Crippen LogP contribution in [-0.4, -0.2) is 46.7 Å². The van der Waals surface area contributed by atoms with Crippen LogP contribution >= 0.6 is 11.6 Å². The van der Waals surface area contributed by atoms with Gasteiger partial charge in [-0.3, -0.25) is 0 Å². The van der Waals surface area contributed by atoms with Gasteiger partial charge in [0.1, 0.15) is 6.04 Å². The van der Waals surface area contributed by atoms with E-state index in [1.165, 1.54) is 12.4 Å². The van der Waals surface area contributed by atoms with E-state index in [-0.39, 0.29) is 0 Å². The molecule has 1 aromatic rings. The standard InChI is InChI=1S/C9H11ClN4O2/c10-6-3-12-9(13-4-6)14-2-1-11-5-7(14)8(15)16/h3-4,7,11H,1-2,5H2,(H,15,16)/t7-/m1/s1. The lowest BCUT2D eigenvalue weighted by molar-refractivity contribution is -0.138. The van der Waals surface area contributed by atoms with Gasteiger partial charge in [0.25, 0.3) is 0 Å². The fraction of sp³-hybridized carbons (Fsp3) is 0.444. The van der Waals surface area contributed by atoms with Crippen LogP contribution in [0.25, 0.3) is 0 Å². The van der Waals surface area contributed by atoms with Gasteiger partial charge in [-0.25, -0.2) is 14.8 Å².